The Balaban J connectivity index is 2.39. The molecule has 0 saturated carbocycles. The Morgan fingerprint density at radius 2 is 1.96 bits per heavy atom. The topological polar surface area (TPSA) is 92.4 Å². The van der Waals surface area contributed by atoms with Gasteiger partial charge < -0.3 is 14.8 Å². The highest BCUT2D eigenvalue weighted by atomic mass is 16.3. The van der Waals surface area contributed by atoms with Crippen LogP contribution in [0.1, 0.15) is 45.7 Å². The highest BCUT2D eigenvalue weighted by Crippen LogP contribution is 2.25. The van der Waals surface area contributed by atoms with Gasteiger partial charge in [-0.05, 0) is 43.4 Å². The third-order valence-electron chi connectivity index (χ3n) is 4.55. The first kappa shape index (κ1) is 17.1. The maximum Gasteiger partial charge on any atom is 0.251 e. The highest BCUT2D eigenvalue weighted by molar-refractivity contribution is 6.12. The van der Waals surface area contributed by atoms with Gasteiger partial charge in [-0.2, -0.15) is 0 Å². The van der Waals surface area contributed by atoms with Gasteiger partial charge in [-0.15, -0.1) is 0 Å². The van der Waals surface area contributed by atoms with E-state index in [0.717, 1.165) is 0 Å². The van der Waals surface area contributed by atoms with Crippen LogP contribution in [0.4, 0.5) is 0 Å². The highest BCUT2D eigenvalue weighted by Gasteiger charge is 2.31. The number of pyridine rings is 2. The minimum atomic E-state index is -0.389. The van der Waals surface area contributed by atoms with Gasteiger partial charge in [0.2, 0.25) is 5.78 Å². The molecule has 1 aliphatic rings. The van der Waals surface area contributed by atoms with Gasteiger partial charge >= 0.3 is 0 Å². The second-order valence-electron chi connectivity index (χ2n) is 6.30. The van der Waals surface area contributed by atoms with Gasteiger partial charge in [-0.25, -0.2) is 4.98 Å². The summed E-state index contributed by atoms with van der Waals surface area (Å²) in [4.78, 5) is 29.5. The van der Waals surface area contributed by atoms with Crippen molar-refractivity contribution in [2.45, 2.75) is 26.2 Å². The summed E-state index contributed by atoms with van der Waals surface area (Å²) in [6.07, 6.45) is 1.73. The molecule has 0 amide bonds. The van der Waals surface area contributed by atoms with E-state index < -0.39 is 0 Å². The largest absolute Gasteiger partial charge is 0.507 e. The molecule has 0 atom stereocenters. The Morgan fingerprint density at radius 3 is 2.64 bits per heavy atom. The van der Waals surface area contributed by atoms with Crippen LogP contribution in [0.3, 0.4) is 0 Å². The van der Waals surface area contributed by atoms with Crippen LogP contribution in [0.15, 0.2) is 16.9 Å². The number of unbranched alkanes of at least 4 members (excludes halogenated alkanes) is 1. The zero-order valence-electron chi connectivity index (χ0n) is 14.3. The van der Waals surface area contributed by atoms with E-state index in [1.807, 2.05) is 0 Å². The zero-order valence-corrected chi connectivity index (χ0v) is 14.3. The number of aliphatic hydroxyl groups is 2. The summed E-state index contributed by atoms with van der Waals surface area (Å²) in [5.41, 5.74) is 1.67. The summed E-state index contributed by atoms with van der Waals surface area (Å²) >= 11 is 0. The minimum absolute atomic E-state index is 0.0378. The summed E-state index contributed by atoms with van der Waals surface area (Å²) in [6, 6.07) is 3.16. The quantitative estimate of drug-likeness (QED) is 0.769. The smallest absolute Gasteiger partial charge is 0.251 e. The van der Waals surface area contributed by atoms with Crippen LogP contribution in [0, 0.1) is 6.92 Å². The fourth-order valence-corrected chi connectivity index (χ4v) is 3.34. The van der Waals surface area contributed by atoms with Crippen molar-refractivity contribution in [3.63, 3.8) is 0 Å². The van der Waals surface area contributed by atoms with Crippen molar-refractivity contribution in [1.29, 1.82) is 0 Å². The van der Waals surface area contributed by atoms with Crippen molar-refractivity contribution in [2.75, 3.05) is 6.61 Å². The van der Waals surface area contributed by atoms with Crippen molar-refractivity contribution in [1.82, 2.24) is 9.55 Å². The van der Waals surface area contributed by atoms with Gasteiger partial charge in [-0.1, -0.05) is 6.58 Å². The molecule has 1 aliphatic carbocycles. The second kappa shape index (κ2) is 6.29. The predicted octanol–water partition coefficient (Wildman–Crippen LogP) is 0.0729. The van der Waals surface area contributed by atoms with E-state index in [1.165, 1.54) is 17.7 Å². The molecule has 0 radical (unpaired) electrons. The van der Waals surface area contributed by atoms with E-state index in [4.69, 9.17) is 5.11 Å². The molecule has 2 aromatic heterocycles. The van der Waals surface area contributed by atoms with E-state index in [2.05, 4.69) is 11.6 Å². The second-order valence-corrected chi connectivity index (χ2v) is 6.30. The van der Waals surface area contributed by atoms with Gasteiger partial charge in [0.25, 0.3) is 5.56 Å². The van der Waals surface area contributed by atoms with Crippen molar-refractivity contribution >= 4 is 18.1 Å². The summed E-state index contributed by atoms with van der Waals surface area (Å²) in [6.45, 7) is 5.61. The van der Waals surface area contributed by atoms with E-state index in [1.54, 1.807) is 13.0 Å². The number of fused-ring (bicyclic) bond motifs is 2. The maximum absolute atomic E-state index is 13.0. The molecule has 6 nitrogen and oxygen atoms in total. The molecule has 25 heavy (non-hydrogen) atoms. The maximum atomic E-state index is 13.0. The third kappa shape index (κ3) is 2.68. The number of aryl methyl sites for hydroxylation is 2. The van der Waals surface area contributed by atoms with E-state index >= 15 is 0 Å². The average Bonchev–Trinajstić information content (AvgIpc) is 2.55. The van der Waals surface area contributed by atoms with Crippen LogP contribution in [-0.2, 0) is 13.5 Å². The molecule has 0 bridgehead atoms. The Hall–Kier alpha value is -2.73. The third-order valence-corrected chi connectivity index (χ3v) is 4.55. The predicted molar refractivity (Wildman–Crippen MR) is 94.0 cm³/mol. The first-order valence-corrected chi connectivity index (χ1v) is 8.15. The summed E-state index contributed by atoms with van der Waals surface area (Å²) in [5.74, 6) is -0.427. The van der Waals surface area contributed by atoms with Gasteiger partial charge in [0.15, 0.2) is 0 Å². The van der Waals surface area contributed by atoms with Crippen LogP contribution >= 0.6 is 0 Å². The molecule has 2 heterocycles. The van der Waals surface area contributed by atoms with Gasteiger partial charge in [0.05, 0.1) is 5.35 Å². The monoisotopic (exact) mass is 340 g/mol. The average molecular weight is 340 g/mol. The number of rotatable bonds is 4. The van der Waals surface area contributed by atoms with Gasteiger partial charge in [0, 0.05) is 30.5 Å². The van der Waals surface area contributed by atoms with Crippen LogP contribution in [-0.4, -0.2) is 32.2 Å². The molecule has 130 valence electrons. The van der Waals surface area contributed by atoms with E-state index in [0.29, 0.717) is 46.5 Å². The Morgan fingerprint density at radius 1 is 1.24 bits per heavy atom. The molecule has 0 aliphatic heterocycles. The van der Waals surface area contributed by atoms with Crippen LogP contribution < -0.4 is 16.1 Å². The van der Waals surface area contributed by atoms with Crippen LogP contribution in [0.25, 0.3) is 12.3 Å². The number of aromatic nitrogens is 2. The molecule has 2 N–H and O–H groups in total. The Labute approximate surface area is 144 Å². The number of carbonyl (C=O) groups excluding carboxylic acids is 1. The van der Waals surface area contributed by atoms with Crippen molar-refractivity contribution in [3.05, 3.63) is 61.1 Å². The molecular weight excluding hydrogens is 320 g/mol. The van der Waals surface area contributed by atoms with E-state index in [-0.39, 0.29) is 35.1 Å². The van der Waals surface area contributed by atoms with Crippen molar-refractivity contribution < 1.29 is 15.0 Å². The van der Waals surface area contributed by atoms with Crippen molar-refractivity contribution in [2.24, 2.45) is 7.05 Å². The van der Waals surface area contributed by atoms with Gasteiger partial charge in [-0.3, -0.25) is 9.59 Å². The Bertz CT molecular complexity index is 1050. The molecule has 3 rings (SSSR count). The summed E-state index contributed by atoms with van der Waals surface area (Å²) < 4.78 is 1.25. The lowest BCUT2D eigenvalue weighted by Crippen LogP contribution is -2.37. The molecule has 0 unspecified atom stereocenters. The van der Waals surface area contributed by atoms with Gasteiger partial charge in [0.1, 0.15) is 17.1 Å². The molecule has 6 heteroatoms. The summed E-state index contributed by atoms with van der Waals surface area (Å²) in [7, 11) is 1.51. The normalized spacial score (nSPS) is 12.9. The fourth-order valence-electron chi connectivity index (χ4n) is 3.34. The fraction of sp³-hybridized carbons (Fsp3) is 0.316. The number of ketones is 1. The standard InChI is InChI=1S/C19H20N2O4/c1-10-8-11(2)20-16-14(10)18(24)15-12(6-4-5-7-22)9-13(23)21(3)17(15)19(16)25/h8-9,22,24H,2,4-7H2,1,3H3. The van der Waals surface area contributed by atoms with Crippen LogP contribution in [0.5, 0.6) is 0 Å². The molecular formula is C19H20N2O4. The van der Waals surface area contributed by atoms with Crippen LogP contribution in [0.2, 0.25) is 0 Å². The molecule has 0 aromatic carbocycles. The number of carbonyl (C=O) groups is 1. The Kier molecular flexibility index (Phi) is 4.30. The zero-order chi connectivity index (χ0) is 18.3. The number of hydrogen-bond acceptors (Lipinski definition) is 5. The molecule has 2 aromatic rings. The SMILES string of the molecule is C=c1cc(C)c2c(n1)C(=O)c1c(c(CCCCO)cc(=O)n1C)C=2O. The van der Waals surface area contributed by atoms with Crippen molar-refractivity contribution in [3.8, 4) is 0 Å². The molecule has 0 saturated heterocycles. The lowest BCUT2D eigenvalue weighted by molar-refractivity contribution is 0.102. The first-order valence-electron chi connectivity index (χ1n) is 8.15. The summed E-state index contributed by atoms with van der Waals surface area (Å²) in [5, 5.41) is 20.7. The number of aliphatic hydroxyl groups excluding tert-OH is 2. The molecule has 0 fully saturated rings. The van der Waals surface area contributed by atoms with E-state index in [9.17, 15) is 14.7 Å². The minimum Gasteiger partial charge on any atom is -0.507 e. The number of hydrogen-bond donors (Lipinski definition) is 2. The lowest BCUT2D eigenvalue weighted by Gasteiger charge is -2.21. The lowest BCUT2D eigenvalue weighted by atomic mass is 9.90. The first-order chi connectivity index (χ1) is 11.9. The number of nitrogens with zero attached hydrogens (tertiary/aromatic N) is 2. The molecule has 0 spiro atoms.